The molecule has 0 saturated carbocycles. The Labute approximate surface area is 111 Å². The second-order valence-electron chi connectivity index (χ2n) is 3.43. The number of anilines is 1. The molecular weight excluding hydrogens is 336 g/mol. The number of nitrogens with one attached hydrogen (secondary N) is 2. The molecular formula is C11H10Br2N2O. The van der Waals surface area contributed by atoms with Crippen LogP contribution in [0.4, 0.5) is 5.69 Å². The lowest BCUT2D eigenvalue weighted by molar-refractivity contribution is -0.116. The third-order valence-electron chi connectivity index (χ3n) is 2.25. The largest absolute Gasteiger partial charge is 0.357 e. The molecule has 0 aromatic heterocycles. The molecule has 0 unspecified atom stereocenters. The number of hydrogen-bond donors (Lipinski definition) is 2. The van der Waals surface area contributed by atoms with E-state index in [-0.39, 0.29) is 5.91 Å². The fourth-order valence-corrected chi connectivity index (χ4v) is 2.67. The maximum absolute atomic E-state index is 11.2. The van der Waals surface area contributed by atoms with Crippen LogP contribution in [0.25, 0.3) is 0 Å². The molecule has 1 aliphatic heterocycles. The summed E-state index contributed by atoms with van der Waals surface area (Å²) in [6, 6.07) is 5.86. The Balaban J connectivity index is 2.24. The minimum Gasteiger partial charge on any atom is -0.357 e. The SMILES string of the molecule is O=C1C=C(Nc2c(Br)cccc2Br)CCN1. The van der Waals surface area contributed by atoms with Gasteiger partial charge in [-0.2, -0.15) is 0 Å². The van der Waals surface area contributed by atoms with Crippen LogP contribution in [0.1, 0.15) is 6.42 Å². The summed E-state index contributed by atoms with van der Waals surface area (Å²) in [5.74, 6) is -0.0445. The molecule has 0 bridgehead atoms. The number of benzene rings is 1. The van der Waals surface area contributed by atoms with E-state index in [4.69, 9.17) is 0 Å². The Hall–Kier alpha value is -0.810. The van der Waals surface area contributed by atoms with Crippen molar-refractivity contribution < 1.29 is 4.79 Å². The number of carbonyl (C=O) groups excluding carboxylic acids is 1. The Bertz CT molecular complexity index is 437. The van der Waals surface area contributed by atoms with Gasteiger partial charge in [0.15, 0.2) is 0 Å². The summed E-state index contributed by atoms with van der Waals surface area (Å²) in [4.78, 5) is 11.2. The predicted molar refractivity (Wildman–Crippen MR) is 71.2 cm³/mol. The second-order valence-corrected chi connectivity index (χ2v) is 5.14. The van der Waals surface area contributed by atoms with Crippen molar-refractivity contribution in [1.29, 1.82) is 0 Å². The standard InChI is InChI=1S/C11H10Br2N2O/c12-8-2-1-3-9(13)11(8)15-7-4-5-14-10(16)6-7/h1-3,6,15H,4-5H2,(H,14,16). The zero-order valence-electron chi connectivity index (χ0n) is 8.39. The van der Waals surface area contributed by atoms with Crippen molar-refractivity contribution in [3.05, 3.63) is 38.9 Å². The van der Waals surface area contributed by atoms with Gasteiger partial charge in [-0.1, -0.05) is 6.07 Å². The van der Waals surface area contributed by atoms with Crippen molar-refractivity contribution in [2.24, 2.45) is 0 Å². The summed E-state index contributed by atoms with van der Waals surface area (Å²) in [6.45, 7) is 0.680. The lowest BCUT2D eigenvalue weighted by atomic mass is 10.2. The van der Waals surface area contributed by atoms with Crippen LogP contribution in [0.3, 0.4) is 0 Å². The van der Waals surface area contributed by atoms with Gasteiger partial charge in [0.25, 0.3) is 0 Å². The minimum absolute atomic E-state index is 0.0445. The monoisotopic (exact) mass is 344 g/mol. The fourth-order valence-electron chi connectivity index (χ4n) is 1.48. The summed E-state index contributed by atoms with van der Waals surface area (Å²) >= 11 is 6.94. The van der Waals surface area contributed by atoms with Gasteiger partial charge in [-0.25, -0.2) is 0 Å². The number of para-hydroxylation sites is 1. The van der Waals surface area contributed by atoms with E-state index in [1.165, 1.54) is 0 Å². The first kappa shape index (κ1) is 11.7. The Morgan fingerprint density at radius 2 is 1.94 bits per heavy atom. The van der Waals surface area contributed by atoms with Crippen molar-refractivity contribution in [3.63, 3.8) is 0 Å². The van der Waals surface area contributed by atoms with Gasteiger partial charge in [-0.3, -0.25) is 4.79 Å². The molecule has 2 N–H and O–H groups in total. The Morgan fingerprint density at radius 1 is 1.25 bits per heavy atom. The average molecular weight is 346 g/mol. The number of carbonyl (C=O) groups is 1. The topological polar surface area (TPSA) is 41.1 Å². The molecule has 0 radical (unpaired) electrons. The van der Waals surface area contributed by atoms with E-state index in [0.29, 0.717) is 6.54 Å². The van der Waals surface area contributed by atoms with Gasteiger partial charge in [-0.05, 0) is 44.0 Å². The van der Waals surface area contributed by atoms with Gasteiger partial charge in [0, 0.05) is 33.7 Å². The molecule has 0 atom stereocenters. The highest BCUT2D eigenvalue weighted by atomic mass is 79.9. The van der Waals surface area contributed by atoms with E-state index in [1.807, 2.05) is 18.2 Å². The molecule has 3 nitrogen and oxygen atoms in total. The number of amides is 1. The van der Waals surface area contributed by atoms with Crippen LogP contribution < -0.4 is 10.6 Å². The molecule has 84 valence electrons. The number of hydrogen-bond acceptors (Lipinski definition) is 2. The van der Waals surface area contributed by atoms with E-state index in [2.05, 4.69) is 42.5 Å². The van der Waals surface area contributed by atoms with Gasteiger partial charge in [-0.15, -0.1) is 0 Å². The van der Waals surface area contributed by atoms with E-state index >= 15 is 0 Å². The zero-order valence-corrected chi connectivity index (χ0v) is 11.6. The van der Waals surface area contributed by atoms with Crippen LogP contribution in [0.5, 0.6) is 0 Å². The van der Waals surface area contributed by atoms with Gasteiger partial charge in [0.1, 0.15) is 0 Å². The smallest absolute Gasteiger partial charge is 0.245 e. The first-order chi connectivity index (χ1) is 7.66. The van der Waals surface area contributed by atoms with Crippen LogP contribution in [0.15, 0.2) is 38.9 Å². The third kappa shape index (κ3) is 2.65. The number of halogens is 2. The van der Waals surface area contributed by atoms with E-state index in [0.717, 1.165) is 26.8 Å². The van der Waals surface area contributed by atoms with Crippen molar-refractivity contribution in [2.45, 2.75) is 6.42 Å². The summed E-state index contributed by atoms with van der Waals surface area (Å²) < 4.78 is 1.93. The van der Waals surface area contributed by atoms with Crippen LogP contribution in [-0.4, -0.2) is 12.5 Å². The molecule has 2 rings (SSSR count). The van der Waals surface area contributed by atoms with Crippen LogP contribution in [0, 0.1) is 0 Å². The van der Waals surface area contributed by atoms with Crippen molar-refractivity contribution >= 4 is 43.5 Å². The maximum atomic E-state index is 11.2. The van der Waals surface area contributed by atoms with E-state index in [9.17, 15) is 4.79 Å². The average Bonchev–Trinajstić information content (AvgIpc) is 2.24. The highest BCUT2D eigenvalue weighted by Crippen LogP contribution is 2.32. The van der Waals surface area contributed by atoms with Gasteiger partial charge in [0.2, 0.25) is 5.91 Å². The van der Waals surface area contributed by atoms with Gasteiger partial charge < -0.3 is 10.6 Å². The highest BCUT2D eigenvalue weighted by Gasteiger charge is 2.11. The molecule has 5 heteroatoms. The molecule has 1 aromatic carbocycles. The molecule has 1 heterocycles. The van der Waals surface area contributed by atoms with E-state index in [1.54, 1.807) is 6.08 Å². The Kier molecular flexibility index (Phi) is 3.66. The molecule has 1 amide bonds. The minimum atomic E-state index is -0.0445. The first-order valence-electron chi connectivity index (χ1n) is 4.86. The lowest BCUT2D eigenvalue weighted by Crippen LogP contribution is -2.28. The number of rotatable bonds is 2. The summed E-state index contributed by atoms with van der Waals surface area (Å²) in [5, 5.41) is 6.00. The molecule has 0 fully saturated rings. The first-order valence-corrected chi connectivity index (χ1v) is 6.45. The maximum Gasteiger partial charge on any atom is 0.245 e. The normalized spacial score (nSPS) is 15.4. The predicted octanol–water partition coefficient (Wildman–Crippen LogP) is 3.03. The lowest BCUT2D eigenvalue weighted by Gasteiger charge is -2.17. The Morgan fingerprint density at radius 3 is 2.56 bits per heavy atom. The molecule has 0 aliphatic carbocycles. The van der Waals surface area contributed by atoms with E-state index < -0.39 is 0 Å². The molecule has 16 heavy (non-hydrogen) atoms. The molecule has 0 spiro atoms. The van der Waals surface area contributed by atoms with Gasteiger partial charge >= 0.3 is 0 Å². The van der Waals surface area contributed by atoms with Crippen LogP contribution in [-0.2, 0) is 4.79 Å². The van der Waals surface area contributed by atoms with Crippen LogP contribution in [0.2, 0.25) is 0 Å². The quantitative estimate of drug-likeness (QED) is 0.865. The summed E-state index contributed by atoms with van der Waals surface area (Å²) in [6.07, 6.45) is 2.41. The fraction of sp³-hybridized carbons (Fsp3) is 0.182. The molecule has 1 aromatic rings. The van der Waals surface area contributed by atoms with Crippen LogP contribution >= 0.6 is 31.9 Å². The third-order valence-corrected chi connectivity index (χ3v) is 3.57. The van der Waals surface area contributed by atoms with Gasteiger partial charge in [0.05, 0.1) is 5.69 Å². The van der Waals surface area contributed by atoms with Crippen molar-refractivity contribution in [1.82, 2.24) is 5.32 Å². The molecule has 1 aliphatic rings. The zero-order chi connectivity index (χ0) is 11.5. The van der Waals surface area contributed by atoms with Crippen molar-refractivity contribution in [3.8, 4) is 0 Å². The highest BCUT2D eigenvalue weighted by molar-refractivity contribution is 9.11. The molecule has 0 saturated heterocycles. The second kappa shape index (κ2) is 5.01. The van der Waals surface area contributed by atoms with Crippen molar-refractivity contribution in [2.75, 3.05) is 11.9 Å². The summed E-state index contributed by atoms with van der Waals surface area (Å²) in [7, 11) is 0. The summed E-state index contributed by atoms with van der Waals surface area (Å²) in [5.41, 5.74) is 1.87.